The minimum Gasteiger partial charge on any atom is -0.444 e. The van der Waals surface area contributed by atoms with Gasteiger partial charge in [-0.25, -0.2) is 9.97 Å². The third kappa shape index (κ3) is 3.92. The van der Waals surface area contributed by atoms with Crippen LogP contribution in [0.25, 0.3) is 0 Å². The van der Waals surface area contributed by atoms with Crippen molar-refractivity contribution in [3.63, 3.8) is 0 Å². The zero-order valence-corrected chi connectivity index (χ0v) is 14.6. The van der Waals surface area contributed by atoms with Crippen LogP contribution in [-0.2, 0) is 18.4 Å². The van der Waals surface area contributed by atoms with Crippen LogP contribution in [0, 0.1) is 6.92 Å². The van der Waals surface area contributed by atoms with Crippen LogP contribution in [0.4, 0.5) is 0 Å². The van der Waals surface area contributed by atoms with E-state index >= 15 is 0 Å². The van der Waals surface area contributed by atoms with Gasteiger partial charge in [0, 0.05) is 22.8 Å². The number of aromatic nitrogens is 2. The van der Waals surface area contributed by atoms with E-state index < -0.39 is 0 Å². The van der Waals surface area contributed by atoms with E-state index in [4.69, 9.17) is 9.40 Å². The van der Waals surface area contributed by atoms with E-state index in [1.807, 2.05) is 0 Å². The number of oxazole rings is 1. The quantitative estimate of drug-likeness (QED) is 0.901. The summed E-state index contributed by atoms with van der Waals surface area (Å²) < 4.78 is 5.62. The summed E-state index contributed by atoms with van der Waals surface area (Å²) >= 11 is 1.79. The molecule has 2 aromatic rings. The average Bonchev–Trinajstić information content (AvgIpc) is 3.01. The van der Waals surface area contributed by atoms with Gasteiger partial charge in [0.2, 0.25) is 5.89 Å². The van der Waals surface area contributed by atoms with Crippen molar-refractivity contribution in [3.05, 3.63) is 33.4 Å². The molecule has 21 heavy (non-hydrogen) atoms. The first-order valence-electron chi connectivity index (χ1n) is 7.46. The van der Waals surface area contributed by atoms with Crippen LogP contribution in [0.5, 0.6) is 0 Å². The highest BCUT2D eigenvalue weighted by Crippen LogP contribution is 2.32. The molecule has 0 saturated heterocycles. The fourth-order valence-corrected chi connectivity index (χ4v) is 3.21. The summed E-state index contributed by atoms with van der Waals surface area (Å²) in [7, 11) is 0. The van der Waals surface area contributed by atoms with Crippen LogP contribution in [0.2, 0.25) is 0 Å². The molecule has 4 nitrogen and oxygen atoms in total. The maximum Gasteiger partial charge on any atom is 0.208 e. The summed E-state index contributed by atoms with van der Waals surface area (Å²) in [5, 5.41) is 4.66. The van der Waals surface area contributed by atoms with E-state index in [0.29, 0.717) is 6.54 Å². The Morgan fingerprint density at radius 3 is 2.62 bits per heavy atom. The van der Waals surface area contributed by atoms with Gasteiger partial charge in [-0.2, -0.15) is 0 Å². The molecule has 2 rings (SSSR count). The fraction of sp³-hybridized carbons (Fsp3) is 0.625. The standard InChI is InChI=1S/C16H25N3OS/c1-7-12-8-18-13(20-12)9-17-10(2)14-11(3)19-15(21-14)16(4,5)6/h8,10,17H,7,9H2,1-6H3. The van der Waals surface area contributed by atoms with Gasteiger partial charge in [0.05, 0.1) is 23.4 Å². The lowest BCUT2D eigenvalue weighted by Gasteiger charge is -2.14. The molecule has 0 saturated carbocycles. The molecule has 2 aromatic heterocycles. The first kappa shape index (κ1) is 16.2. The Kier molecular flexibility index (Phi) is 4.84. The lowest BCUT2D eigenvalue weighted by atomic mass is 9.98. The van der Waals surface area contributed by atoms with E-state index in [9.17, 15) is 0 Å². The zero-order valence-electron chi connectivity index (χ0n) is 13.8. The highest BCUT2D eigenvalue weighted by molar-refractivity contribution is 7.12. The van der Waals surface area contributed by atoms with Crippen LogP contribution < -0.4 is 5.32 Å². The van der Waals surface area contributed by atoms with Crippen LogP contribution in [0.1, 0.15) is 67.9 Å². The summed E-state index contributed by atoms with van der Waals surface area (Å²) in [5.41, 5.74) is 1.22. The van der Waals surface area contributed by atoms with Gasteiger partial charge in [0.15, 0.2) is 0 Å². The molecular weight excluding hydrogens is 282 g/mol. The second-order valence-corrected chi connectivity index (χ2v) is 7.43. The Hall–Kier alpha value is -1.20. The first-order valence-corrected chi connectivity index (χ1v) is 8.27. The molecule has 0 spiro atoms. The number of rotatable bonds is 5. The fourth-order valence-electron chi connectivity index (χ4n) is 2.06. The van der Waals surface area contributed by atoms with Gasteiger partial charge >= 0.3 is 0 Å². The van der Waals surface area contributed by atoms with Gasteiger partial charge in [-0.05, 0) is 13.8 Å². The first-order chi connectivity index (χ1) is 9.81. The second kappa shape index (κ2) is 6.28. The number of aryl methyl sites for hydroxylation is 2. The molecule has 2 heterocycles. The van der Waals surface area contributed by atoms with Crippen LogP contribution in [-0.4, -0.2) is 9.97 Å². The number of thiazole rings is 1. The molecule has 0 radical (unpaired) electrons. The van der Waals surface area contributed by atoms with Crippen LogP contribution in [0.15, 0.2) is 10.6 Å². The Bertz CT molecular complexity index is 595. The van der Waals surface area contributed by atoms with Crippen LogP contribution >= 0.6 is 11.3 Å². The number of nitrogens with zero attached hydrogens (tertiary/aromatic N) is 2. The smallest absolute Gasteiger partial charge is 0.208 e. The maximum atomic E-state index is 5.62. The molecule has 1 unspecified atom stereocenters. The van der Waals surface area contributed by atoms with E-state index in [0.717, 1.165) is 23.8 Å². The van der Waals surface area contributed by atoms with Crippen molar-refractivity contribution in [1.29, 1.82) is 0 Å². The van der Waals surface area contributed by atoms with Gasteiger partial charge in [-0.1, -0.05) is 27.7 Å². The summed E-state index contributed by atoms with van der Waals surface area (Å²) in [6.07, 6.45) is 2.68. The molecule has 0 fully saturated rings. The van der Waals surface area contributed by atoms with Crippen molar-refractivity contribution in [1.82, 2.24) is 15.3 Å². The molecule has 0 aliphatic rings. The highest BCUT2D eigenvalue weighted by atomic mass is 32.1. The van der Waals surface area contributed by atoms with Crippen molar-refractivity contribution < 1.29 is 4.42 Å². The van der Waals surface area contributed by atoms with Crippen molar-refractivity contribution in [2.24, 2.45) is 0 Å². The summed E-state index contributed by atoms with van der Waals surface area (Å²) in [6.45, 7) is 13.6. The molecule has 1 N–H and O–H groups in total. The Morgan fingerprint density at radius 2 is 2.10 bits per heavy atom. The molecule has 5 heteroatoms. The van der Waals surface area contributed by atoms with E-state index in [-0.39, 0.29) is 11.5 Å². The van der Waals surface area contributed by atoms with Gasteiger partial charge < -0.3 is 9.73 Å². The SMILES string of the molecule is CCc1cnc(CNC(C)c2sc(C(C)(C)C)nc2C)o1. The molecular formula is C16H25N3OS. The topological polar surface area (TPSA) is 51.0 Å². The molecule has 1 atom stereocenters. The Morgan fingerprint density at radius 1 is 1.38 bits per heavy atom. The van der Waals surface area contributed by atoms with Crippen molar-refractivity contribution in [2.45, 2.75) is 66.0 Å². The van der Waals surface area contributed by atoms with E-state index in [1.165, 1.54) is 9.88 Å². The summed E-state index contributed by atoms with van der Waals surface area (Å²) in [4.78, 5) is 10.3. The predicted octanol–water partition coefficient (Wildman–Crippen LogP) is 4.15. The molecule has 0 amide bonds. The van der Waals surface area contributed by atoms with Gasteiger partial charge in [0.25, 0.3) is 0 Å². The van der Waals surface area contributed by atoms with Gasteiger partial charge in [-0.3, -0.25) is 0 Å². The summed E-state index contributed by atoms with van der Waals surface area (Å²) in [6, 6.07) is 0.246. The molecule has 0 aliphatic heterocycles. The lowest BCUT2D eigenvalue weighted by molar-refractivity contribution is 0.425. The monoisotopic (exact) mass is 307 g/mol. The largest absolute Gasteiger partial charge is 0.444 e. The van der Waals surface area contributed by atoms with E-state index in [1.54, 1.807) is 17.5 Å². The third-order valence-corrected chi connectivity index (χ3v) is 5.14. The third-order valence-electron chi connectivity index (χ3n) is 3.38. The van der Waals surface area contributed by atoms with Crippen molar-refractivity contribution in [2.75, 3.05) is 0 Å². The van der Waals surface area contributed by atoms with Gasteiger partial charge in [-0.15, -0.1) is 11.3 Å². The van der Waals surface area contributed by atoms with Crippen molar-refractivity contribution >= 4 is 11.3 Å². The number of hydrogen-bond acceptors (Lipinski definition) is 5. The lowest BCUT2D eigenvalue weighted by Crippen LogP contribution is -2.18. The number of nitrogens with one attached hydrogen (secondary N) is 1. The maximum absolute atomic E-state index is 5.62. The number of hydrogen-bond donors (Lipinski definition) is 1. The second-order valence-electron chi connectivity index (χ2n) is 6.40. The predicted molar refractivity (Wildman–Crippen MR) is 86.7 cm³/mol. The average molecular weight is 307 g/mol. The summed E-state index contributed by atoms with van der Waals surface area (Å²) in [5.74, 6) is 1.68. The minimum absolute atomic E-state index is 0.103. The Labute approximate surface area is 131 Å². The highest BCUT2D eigenvalue weighted by Gasteiger charge is 2.22. The zero-order chi connectivity index (χ0) is 15.6. The molecule has 0 aromatic carbocycles. The van der Waals surface area contributed by atoms with Crippen molar-refractivity contribution in [3.8, 4) is 0 Å². The molecule has 116 valence electrons. The minimum atomic E-state index is 0.103. The Balaban J connectivity index is 2.03. The molecule has 0 bridgehead atoms. The normalized spacial score (nSPS) is 13.6. The van der Waals surface area contributed by atoms with E-state index in [2.05, 4.69) is 51.8 Å². The van der Waals surface area contributed by atoms with Gasteiger partial charge in [0.1, 0.15) is 5.76 Å². The van der Waals surface area contributed by atoms with Crippen LogP contribution in [0.3, 0.4) is 0 Å². The molecule has 0 aliphatic carbocycles.